The van der Waals surface area contributed by atoms with Crippen molar-refractivity contribution in [1.82, 2.24) is 5.32 Å². The van der Waals surface area contributed by atoms with Crippen molar-refractivity contribution in [1.29, 1.82) is 0 Å². The molecule has 2 aromatic carbocycles. The van der Waals surface area contributed by atoms with Gasteiger partial charge >= 0.3 is 6.03 Å². The molecule has 1 atom stereocenters. The fourth-order valence-electron chi connectivity index (χ4n) is 2.57. The lowest BCUT2D eigenvalue weighted by Crippen LogP contribution is -2.34. The minimum atomic E-state index is -0.673. The minimum absolute atomic E-state index is 0.0988. The summed E-state index contributed by atoms with van der Waals surface area (Å²) in [5.41, 5.74) is 1.79. The second-order valence-electron chi connectivity index (χ2n) is 5.48. The van der Waals surface area contributed by atoms with Gasteiger partial charge in [0.15, 0.2) is 0 Å². The van der Waals surface area contributed by atoms with Crippen molar-refractivity contribution in [3.63, 3.8) is 0 Å². The van der Waals surface area contributed by atoms with E-state index in [1.807, 2.05) is 6.07 Å². The highest BCUT2D eigenvalue weighted by atomic mass is 79.9. The van der Waals surface area contributed by atoms with Crippen LogP contribution in [0.4, 0.5) is 16.2 Å². The van der Waals surface area contributed by atoms with Crippen LogP contribution in [0.3, 0.4) is 0 Å². The van der Waals surface area contributed by atoms with Gasteiger partial charge in [0.05, 0.1) is 6.04 Å². The Morgan fingerprint density at radius 1 is 1.08 bits per heavy atom. The van der Waals surface area contributed by atoms with Crippen LogP contribution in [0.2, 0.25) is 0 Å². The summed E-state index contributed by atoms with van der Waals surface area (Å²) < 4.78 is 1.61. The van der Waals surface area contributed by atoms with Crippen molar-refractivity contribution >= 4 is 61.0 Å². The lowest BCUT2D eigenvalue weighted by molar-refractivity contribution is -0.134. The highest BCUT2D eigenvalue weighted by Gasteiger charge is 2.28. The van der Waals surface area contributed by atoms with Gasteiger partial charge in [-0.25, -0.2) is 4.79 Å². The van der Waals surface area contributed by atoms with E-state index in [9.17, 15) is 14.4 Å². The van der Waals surface area contributed by atoms with Gasteiger partial charge in [0, 0.05) is 26.7 Å². The molecule has 0 spiro atoms. The number of fused-ring (bicyclic) bond motifs is 1. The van der Waals surface area contributed by atoms with Crippen molar-refractivity contribution in [3.8, 4) is 0 Å². The third-order valence-corrected chi connectivity index (χ3v) is 4.57. The summed E-state index contributed by atoms with van der Waals surface area (Å²) in [7, 11) is 0. The van der Waals surface area contributed by atoms with Gasteiger partial charge in [-0.05, 0) is 29.8 Å². The number of Topliss-reactive ketones (excluding diaryl/α,β-unsaturated/α-hetero) is 1. The Morgan fingerprint density at radius 3 is 2.48 bits per heavy atom. The molecule has 0 fully saturated rings. The van der Waals surface area contributed by atoms with Crippen LogP contribution in [0.1, 0.15) is 18.0 Å². The second-order valence-corrected chi connectivity index (χ2v) is 7.31. The molecule has 3 rings (SSSR count). The van der Waals surface area contributed by atoms with Crippen LogP contribution in [-0.4, -0.2) is 17.7 Å². The van der Waals surface area contributed by atoms with Gasteiger partial charge in [-0.2, -0.15) is 0 Å². The Labute approximate surface area is 160 Å². The van der Waals surface area contributed by atoms with Crippen molar-refractivity contribution in [2.24, 2.45) is 0 Å². The van der Waals surface area contributed by atoms with Crippen molar-refractivity contribution in [2.45, 2.75) is 12.5 Å². The van der Waals surface area contributed by atoms with E-state index in [0.29, 0.717) is 16.9 Å². The van der Waals surface area contributed by atoms with Crippen LogP contribution in [0, 0.1) is 0 Å². The lowest BCUT2D eigenvalue weighted by Gasteiger charge is -2.18. The predicted molar refractivity (Wildman–Crippen MR) is 101 cm³/mol. The monoisotopic (exact) mass is 465 g/mol. The molecule has 0 aromatic heterocycles. The summed E-state index contributed by atoms with van der Waals surface area (Å²) in [5.74, 6) is -1.25. The fraction of sp³-hybridized carbons (Fsp3) is 0.118. The molecule has 0 saturated carbocycles. The van der Waals surface area contributed by atoms with Crippen molar-refractivity contribution in [3.05, 3.63) is 57.0 Å². The van der Waals surface area contributed by atoms with Gasteiger partial charge in [0.2, 0.25) is 5.78 Å². The zero-order chi connectivity index (χ0) is 18.0. The number of urea groups is 1. The van der Waals surface area contributed by atoms with Crippen molar-refractivity contribution in [2.75, 3.05) is 10.6 Å². The number of ketones is 1. The van der Waals surface area contributed by atoms with Gasteiger partial charge in [-0.15, -0.1) is 0 Å². The van der Waals surface area contributed by atoms with Gasteiger partial charge in [0.25, 0.3) is 5.91 Å². The van der Waals surface area contributed by atoms with E-state index in [4.69, 9.17) is 0 Å². The number of hydrogen-bond acceptors (Lipinski definition) is 3. The molecule has 1 aliphatic heterocycles. The van der Waals surface area contributed by atoms with Gasteiger partial charge in [0.1, 0.15) is 0 Å². The molecule has 0 aliphatic carbocycles. The molecule has 3 N–H and O–H groups in total. The second kappa shape index (κ2) is 7.37. The molecular formula is C17H13Br2N3O3. The van der Waals surface area contributed by atoms with Crippen LogP contribution < -0.4 is 16.0 Å². The van der Waals surface area contributed by atoms with Crippen LogP contribution in [0.25, 0.3) is 0 Å². The number of carbonyl (C=O) groups is 3. The first-order chi connectivity index (χ1) is 11.9. The van der Waals surface area contributed by atoms with E-state index in [1.54, 1.807) is 36.4 Å². The SMILES string of the molecule is O=C(Nc1cc(Br)cc(Br)c1)NC1CC(=O)C(=O)Nc2ccccc21. The zero-order valence-electron chi connectivity index (χ0n) is 12.8. The molecule has 128 valence electrons. The van der Waals surface area contributed by atoms with E-state index in [2.05, 4.69) is 47.8 Å². The highest BCUT2D eigenvalue weighted by molar-refractivity contribution is 9.11. The predicted octanol–water partition coefficient (Wildman–Crippen LogP) is 3.99. The Balaban J connectivity index is 1.80. The molecular weight excluding hydrogens is 454 g/mol. The average Bonchev–Trinajstić information content (AvgIpc) is 2.64. The molecule has 1 unspecified atom stereocenters. The number of amides is 3. The molecule has 25 heavy (non-hydrogen) atoms. The number of hydrogen-bond donors (Lipinski definition) is 3. The molecule has 1 heterocycles. The fourth-order valence-corrected chi connectivity index (χ4v) is 3.87. The topological polar surface area (TPSA) is 87.3 Å². The Hall–Kier alpha value is -2.19. The molecule has 0 saturated heterocycles. The zero-order valence-corrected chi connectivity index (χ0v) is 16.0. The van der Waals surface area contributed by atoms with Crippen LogP contribution in [0.5, 0.6) is 0 Å². The molecule has 8 heteroatoms. The first-order valence-corrected chi connectivity index (χ1v) is 8.97. The standard InChI is InChI=1S/C17H13Br2N3O3/c18-9-5-10(19)7-11(6-9)20-17(25)22-14-8-15(23)16(24)21-13-4-2-1-3-12(13)14/h1-7,14H,8H2,(H,21,24)(H2,20,22,25). The summed E-state index contributed by atoms with van der Waals surface area (Å²) in [6, 6.07) is 11.3. The summed E-state index contributed by atoms with van der Waals surface area (Å²) >= 11 is 6.71. The summed E-state index contributed by atoms with van der Waals surface area (Å²) in [6.45, 7) is 0. The molecule has 6 nitrogen and oxygen atoms in total. The van der Waals surface area contributed by atoms with Crippen molar-refractivity contribution < 1.29 is 14.4 Å². The number of carbonyl (C=O) groups excluding carboxylic acids is 3. The lowest BCUT2D eigenvalue weighted by atomic mass is 10.0. The number of benzene rings is 2. The third-order valence-electron chi connectivity index (χ3n) is 3.65. The molecule has 0 bridgehead atoms. The Morgan fingerprint density at radius 2 is 1.76 bits per heavy atom. The summed E-state index contributed by atoms with van der Waals surface area (Å²) in [4.78, 5) is 36.0. The molecule has 2 aromatic rings. The average molecular weight is 467 g/mol. The van der Waals surface area contributed by atoms with Crippen LogP contribution >= 0.6 is 31.9 Å². The smallest absolute Gasteiger partial charge is 0.319 e. The number of anilines is 2. The Kier molecular flexibility index (Phi) is 5.19. The first kappa shape index (κ1) is 17.6. The third kappa shape index (κ3) is 4.26. The number of halogens is 2. The maximum Gasteiger partial charge on any atom is 0.319 e. The van der Waals surface area contributed by atoms with E-state index < -0.39 is 23.8 Å². The van der Waals surface area contributed by atoms with E-state index in [0.717, 1.165) is 8.95 Å². The maximum absolute atomic E-state index is 12.3. The summed E-state index contributed by atoms with van der Waals surface area (Å²) in [5, 5.41) is 8.05. The molecule has 1 aliphatic rings. The largest absolute Gasteiger partial charge is 0.331 e. The van der Waals surface area contributed by atoms with Gasteiger partial charge < -0.3 is 16.0 Å². The molecule has 0 radical (unpaired) electrons. The van der Waals surface area contributed by atoms with Crippen LogP contribution in [-0.2, 0) is 9.59 Å². The van der Waals surface area contributed by atoms with E-state index in [1.165, 1.54) is 0 Å². The first-order valence-electron chi connectivity index (χ1n) is 7.39. The minimum Gasteiger partial charge on any atom is -0.331 e. The van der Waals surface area contributed by atoms with Gasteiger partial charge in [-0.1, -0.05) is 50.1 Å². The van der Waals surface area contributed by atoms with E-state index in [-0.39, 0.29) is 6.42 Å². The maximum atomic E-state index is 12.3. The highest BCUT2D eigenvalue weighted by Crippen LogP contribution is 2.29. The van der Waals surface area contributed by atoms with E-state index >= 15 is 0 Å². The molecule has 3 amide bonds. The van der Waals surface area contributed by atoms with Crippen LogP contribution in [0.15, 0.2) is 51.4 Å². The number of nitrogens with one attached hydrogen (secondary N) is 3. The summed E-state index contributed by atoms with van der Waals surface area (Å²) in [6.07, 6.45) is -0.0988. The number of para-hydroxylation sites is 1. The van der Waals surface area contributed by atoms with Gasteiger partial charge in [-0.3, -0.25) is 9.59 Å². The normalized spacial score (nSPS) is 16.5. The quantitative estimate of drug-likeness (QED) is 0.585. The Bertz CT molecular complexity index is 850. The number of rotatable bonds is 2.